The number of nitro groups is 1. The molecule has 3 aromatic heterocycles. The molecule has 0 spiro atoms. The van der Waals surface area contributed by atoms with Gasteiger partial charge < -0.3 is 5.32 Å². The number of nitrogens with zero attached hydrogens (tertiary/aromatic N) is 5. The van der Waals surface area contributed by atoms with E-state index in [9.17, 15) is 14.9 Å². The molecule has 10 heteroatoms. The molecule has 9 nitrogen and oxygen atoms in total. The smallest absolute Gasteiger partial charge is 0.366 e. The highest BCUT2D eigenvalue weighted by Gasteiger charge is 2.25. The minimum Gasteiger partial charge on any atom is -0.370 e. The largest absolute Gasteiger partial charge is 0.370 e. The van der Waals surface area contributed by atoms with Gasteiger partial charge in [0.15, 0.2) is 10.2 Å². The average molecular weight is 394 g/mol. The van der Waals surface area contributed by atoms with E-state index in [-0.39, 0.29) is 10.2 Å². The van der Waals surface area contributed by atoms with Crippen LogP contribution in [0.5, 0.6) is 0 Å². The number of para-hydroxylation sites is 1. The summed E-state index contributed by atoms with van der Waals surface area (Å²) in [6.07, 6.45) is 1.45. The summed E-state index contributed by atoms with van der Waals surface area (Å²) >= 11 is 0.898. The van der Waals surface area contributed by atoms with Gasteiger partial charge in [0.1, 0.15) is 11.5 Å². The maximum Gasteiger partial charge on any atom is 0.366 e. The minimum absolute atomic E-state index is 0.0427. The van der Waals surface area contributed by atoms with E-state index in [2.05, 4.69) is 20.3 Å². The monoisotopic (exact) mass is 394 g/mol. The Kier molecular flexibility index (Phi) is 4.62. The molecule has 1 N–H and O–H groups in total. The molecular formula is C18H14N6O3S. The molecule has 0 amide bonds. The number of anilines is 1. The zero-order valence-corrected chi connectivity index (χ0v) is 15.5. The Morgan fingerprint density at radius 3 is 2.71 bits per heavy atom. The first-order chi connectivity index (χ1) is 13.6. The molecule has 0 atom stereocenters. The summed E-state index contributed by atoms with van der Waals surface area (Å²) in [5, 5.41) is 15.8. The Bertz CT molecular complexity index is 1270. The summed E-state index contributed by atoms with van der Waals surface area (Å²) in [5.41, 5.74) is -0.342. The van der Waals surface area contributed by atoms with Crippen molar-refractivity contribution in [2.75, 3.05) is 11.9 Å². The summed E-state index contributed by atoms with van der Waals surface area (Å²) in [6.45, 7) is 2.60. The van der Waals surface area contributed by atoms with Crippen molar-refractivity contribution in [2.24, 2.45) is 0 Å². The van der Waals surface area contributed by atoms with E-state index in [4.69, 9.17) is 0 Å². The summed E-state index contributed by atoms with van der Waals surface area (Å²) in [7, 11) is 0. The Balaban J connectivity index is 1.89. The van der Waals surface area contributed by atoms with Crippen LogP contribution in [-0.4, -0.2) is 30.8 Å². The van der Waals surface area contributed by atoms with Crippen LogP contribution in [0, 0.1) is 10.1 Å². The highest BCUT2D eigenvalue weighted by atomic mass is 32.2. The van der Waals surface area contributed by atoms with Crippen LogP contribution in [0.25, 0.3) is 16.6 Å². The molecule has 0 saturated carbocycles. The van der Waals surface area contributed by atoms with E-state index in [1.54, 1.807) is 18.2 Å². The van der Waals surface area contributed by atoms with Crippen molar-refractivity contribution in [1.29, 1.82) is 0 Å². The van der Waals surface area contributed by atoms with Crippen LogP contribution < -0.4 is 10.9 Å². The maximum absolute atomic E-state index is 12.6. The summed E-state index contributed by atoms with van der Waals surface area (Å²) in [5.74, 6) is 0.621. The SMILES string of the molecule is CCNc1nc(Sc2nc3ccccn3c(=O)c2[N+](=O)[O-])nc2ccccc12. The lowest BCUT2D eigenvalue weighted by atomic mass is 10.2. The number of aromatic nitrogens is 4. The lowest BCUT2D eigenvalue weighted by Gasteiger charge is -2.09. The molecule has 1 aromatic carbocycles. The normalized spacial score (nSPS) is 11.0. The van der Waals surface area contributed by atoms with E-state index in [1.807, 2.05) is 31.2 Å². The lowest BCUT2D eigenvalue weighted by Crippen LogP contribution is -2.19. The number of pyridine rings is 1. The van der Waals surface area contributed by atoms with Crippen LogP contribution in [-0.2, 0) is 0 Å². The van der Waals surface area contributed by atoms with Crippen molar-refractivity contribution in [2.45, 2.75) is 17.1 Å². The van der Waals surface area contributed by atoms with Gasteiger partial charge in [0.25, 0.3) is 0 Å². The van der Waals surface area contributed by atoms with Gasteiger partial charge in [0.05, 0.1) is 10.4 Å². The zero-order chi connectivity index (χ0) is 19.7. The van der Waals surface area contributed by atoms with Gasteiger partial charge in [0.2, 0.25) is 0 Å². The van der Waals surface area contributed by atoms with Gasteiger partial charge in [-0.05, 0) is 43.0 Å². The van der Waals surface area contributed by atoms with Gasteiger partial charge in [-0.3, -0.25) is 19.3 Å². The molecule has 140 valence electrons. The highest BCUT2D eigenvalue weighted by Crippen LogP contribution is 2.32. The molecule has 3 heterocycles. The fourth-order valence-electron chi connectivity index (χ4n) is 2.78. The molecule has 0 fully saturated rings. The first-order valence-electron chi connectivity index (χ1n) is 8.42. The fraction of sp³-hybridized carbons (Fsp3) is 0.111. The van der Waals surface area contributed by atoms with Crippen LogP contribution in [0.1, 0.15) is 6.92 Å². The van der Waals surface area contributed by atoms with Gasteiger partial charge in [-0.2, -0.15) is 0 Å². The second-order valence-corrected chi connectivity index (χ2v) is 6.72. The lowest BCUT2D eigenvalue weighted by molar-refractivity contribution is -0.389. The number of rotatable bonds is 5. The molecule has 28 heavy (non-hydrogen) atoms. The molecule has 0 bridgehead atoms. The second kappa shape index (κ2) is 7.24. The number of benzene rings is 1. The second-order valence-electron chi connectivity index (χ2n) is 5.76. The van der Waals surface area contributed by atoms with Gasteiger partial charge in [-0.1, -0.05) is 18.2 Å². The van der Waals surface area contributed by atoms with Crippen molar-refractivity contribution in [1.82, 2.24) is 19.4 Å². The molecule has 0 aliphatic heterocycles. The predicted octanol–water partition coefficient (Wildman–Crippen LogP) is 3.13. The Morgan fingerprint density at radius 1 is 1.14 bits per heavy atom. The third-order valence-corrected chi connectivity index (χ3v) is 4.82. The molecule has 4 rings (SSSR count). The van der Waals surface area contributed by atoms with E-state index in [0.717, 1.165) is 21.5 Å². The van der Waals surface area contributed by atoms with Gasteiger partial charge in [0, 0.05) is 18.1 Å². The Labute approximate surface area is 162 Å². The quantitative estimate of drug-likeness (QED) is 0.238. The maximum atomic E-state index is 12.6. The van der Waals surface area contributed by atoms with Crippen LogP contribution >= 0.6 is 11.8 Å². The number of fused-ring (bicyclic) bond motifs is 2. The summed E-state index contributed by atoms with van der Waals surface area (Å²) in [4.78, 5) is 36.6. The molecule has 0 aliphatic rings. The van der Waals surface area contributed by atoms with Crippen molar-refractivity contribution < 1.29 is 4.92 Å². The van der Waals surface area contributed by atoms with Crippen LogP contribution in [0.2, 0.25) is 0 Å². The molecule has 0 aliphatic carbocycles. The predicted molar refractivity (Wildman–Crippen MR) is 106 cm³/mol. The van der Waals surface area contributed by atoms with Crippen molar-refractivity contribution in [3.05, 3.63) is 69.1 Å². The average Bonchev–Trinajstić information content (AvgIpc) is 2.68. The first kappa shape index (κ1) is 17.9. The van der Waals surface area contributed by atoms with Crippen molar-refractivity contribution >= 4 is 39.8 Å². The minimum atomic E-state index is -0.745. The topological polar surface area (TPSA) is 115 Å². The zero-order valence-electron chi connectivity index (χ0n) is 14.7. The molecule has 0 unspecified atom stereocenters. The van der Waals surface area contributed by atoms with E-state index in [0.29, 0.717) is 23.5 Å². The molecule has 0 saturated heterocycles. The highest BCUT2D eigenvalue weighted by molar-refractivity contribution is 7.99. The summed E-state index contributed by atoms with van der Waals surface area (Å²) < 4.78 is 1.15. The summed E-state index contributed by atoms with van der Waals surface area (Å²) in [6, 6.07) is 12.4. The van der Waals surface area contributed by atoms with Crippen LogP contribution in [0.15, 0.2) is 63.6 Å². The van der Waals surface area contributed by atoms with E-state index in [1.165, 1.54) is 6.20 Å². The van der Waals surface area contributed by atoms with Gasteiger partial charge in [-0.25, -0.2) is 15.0 Å². The molecule has 4 aromatic rings. The third-order valence-electron chi connectivity index (χ3n) is 3.98. The van der Waals surface area contributed by atoms with E-state index < -0.39 is 16.2 Å². The standard InChI is InChI=1S/C18H14N6O3S/c1-2-19-15-11-7-3-4-8-12(11)20-18(22-15)28-16-14(24(26)27)17(25)23-10-6-5-9-13(23)21-16/h3-10H,2H2,1H3,(H,19,20,22). The van der Waals surface area contributed by atoms with E-state index >= 15 is 0 Å². The fourth-order valence-corrected chi connectivity index (χ4v) is 3.63. The first-order valence-corrected chi connectivity index (χ1v) is 9.24. The van der Waals surface area contributed by atoms with Gasteiger partial charge >= 0.3 is 11.2 Å². The molecular weight excluding hydrogens is 380 g/mol. The van der Waals surface area contributed by atoms with Crippen LogP contribution in [0.3, 0.4) is 0 Å². The van der Waals surface area contributed by atoms with Crippen molar-refractivity contribution in [3.63, 3.8) is 0 Å². The number of nitrogens with one attached hydrogen (secondary N) is 1. The third kappa shape index (κ3) is 3.14. The Morgan fingerprint density at radius 2 is 1.93 bits per heavy atom. The number of hydrogen-bond donors (Lipinski definition) is 1. The number of hydrogen-bond acceptors (Lipinski definition) is 8. The Hall–Kier alpha value is -3.53. The van der Waals surface area contributed by atoms with Crippen molar-refractivity contribution in [3.8, 4) is 0 Å². The van der Waals surface area contributed by atoms with Crippen LogP contribution in [0.4, 0.5) is 11.5 Å². The molecule has 0 radical (unpaired) electrons. The van der Waals surface area contributed by atoms with Gasteiger partial charge in [-0.15, -0.1) is 0 Å².